The van der Waals surface area contributed by atoms with Crippen molar-refractivity contribution in [2.24, 2.45) is 35.3 Å². The third kappa shape index (κ3) is 1.09. The first-order chi connectivity index (χ1) is 6.25. The van der Waals surface area contributed by atoms with Gasteiger partial charge in [0.05, 0.1) is 0 Å². The molecule has 0 radical (unpaired) electrons. The van der Waals surface area contributed by atoms with Gasteiger partial charge in [0.15, 0.2) is 0 Å². The molecule has 3 saturated carbocycles. The van der Waals surface area contributed by atoms with E-state index >= 15 is 0 Å². The maximum absolute atomic E-state index is 6.14. The monoisotopic (exact) mass is 179 g/mol. The summed E-state index contributed by atoms with van der Waals surface area (Å²) in [4.78, 5) is 0. The zero-order chi connectivity index (χ0) is 9.00. The third-order valence-corrected chi connectivity index (χ3v) is 5.04. The van der Waals surface area contributed by atoms with Crippen molar-refractivity contribution >= 4 is 0 Å². The predicted octanol–water partition coefficient (Wildman–Crippen LogP) is 2.41. The van der Waals surface area contributed by atoms with Crippen LogP contribution in [0.15, 0.2) is 0 Å². The quantitative estimate of drug-likeness (QED) is 0.657. The van der Waals surface area contributed by atoms with Gasteiger partial charge in [-0.2, -0.15) is 0 Å². The summed E-state index contributed by atoms with van der Waals surface area (Å²) in [5.74, 6) is 5.08. The van der Waals surface area contributed by atoms with Gasteiger partial charge in [-0.05, 0) is 68.6 Å². The molecule has 0 spiro atoms. The summed E-state index contributed by atoms with van der Waals surface area (Å²) in [6, 6.07) is 0.455. The number of rotatable bonds is 1. The van der Waals surface area contributed by atoms with E-state index in [4.69, 9.17) is 5.73 Å². The molecule has 3 rings (SSSR count). The first-order valence-electron chi connectivity index (χ1n) is 6.01. The maximum Gasteiger partial charge on any atom is 0.00441 e. The van der Waals surface area contributed by atoms with E-state index < -0.39 is 0 Å². The van der Waals surface area contributed by atoms with Gasteiger partial charge < -0.3 is 5.73 Å². The van der Waals surface area contributed by atoms with Crippen molar-refractivity contribution in [2.75, 3.05) is 0 Å². The normalized spacial score (nSPS) is 55.4. The Bertz CT molecular complexity index is 211. The van der Waals surface area contributed by atoms with Crippen LogP contribution in [-0.2, 0) is 0 Å². The van der Waals surface area contributed by atoms with Gasteiger partial charge in [0.25, 0.3) is 0 Å². The van der Waals surface area contributed by atoms with Crippen molar-refractivity contribution < 1.29 is 0 Å². The minimum Gasteiger partial charge on any atom is -0.328 e. The summed E-state index contributed by atoms with van der Waals surface area (Å²) in [6.07, 6.45) is 7.59. The minimum atomic E-state index is 0.455. The molecule has 0 aromatic heterocycles. The van der Waals surface area contributed by atoms with Crippen LogP contribution in [-0.4, -0.2) is 6.04 Å². The van der Waals surface area contributed by atoms with Gasteiger partial charge in [-0.15, -0.1) is 0 Å². The van der Waals surface area contributed by atoms with Gasteiger partial charge in [-0.3, -0.25) is 0 Å². The molecule has 0 unspecified atom stereocenters. The maximum atomic E-state index is 6.14. The molecule has 3 fully saturated rings. The van der Waals surface area contributed by atoms with Crippen LogP contribution >= 0.6 is 0 Å². The highest BCUT2D eigenvalue weighted by atomic mass is 14.7. The second-order valence-electron chi connectivity index (χ2n) is 5.77. The molecule has 3 bridgehead atoms. The lowest BCUT2D eigenvalue weighted by atomic mass is 9.62. The highest BCUT2D eigenvalue weighted by Crippen LogP contribution is 2.58. The lowest BCUT2D eigenvalue weighted by Gasteiger charge is -2.44. The molecule has 1 heteroatoms. The molecule has 3 aliphatic carbocycles. The summed E-state index contributed by atoms with van der Waals surface area (Å²) in [6.45, 7) is 2.23. The molecule has 0 amide bonds. The van der Waals surface area contributed by atoms with E-state index in [1.54, 1.807) is 6.42 Å². The Labute approximate surface area is 81.1 Å². The van der Waals surface area contributed by atoms with Gasteiger partial charge in [0, 0.05) is 6.04 Å². The van der Waals surface area contributed by atoms with Crippen LogP contribution in [0.2, 0.25) is 0 Å². The summed E-state index contributed by atoms with van der Waals surface area (Å²) in [5.41, 5.74) is 6.14. The van der Waals surface area contributed by atoms with Crippen molar-refractivity contribution in [3.8, 4) is 0 Å². The third-order valence-electron chi connectivity index (χ3n) is 5.04. The molecule has 0 aliphatic heterocycles. The summed E-state index contributed by atoms with van der Waals surface area (Å²) in [5, 5.41) is 0. The fourth-order valence-corrected chi connectivity index (χ4v) is 4.76. The molecule has 6 atom stereocenters. The van der Waals surface area contributed by atoms with E-state index in [9.17, 15) is 0 Å². The SMILES string of the molecule is C[C@H](N)[C@@H]1[C@@H]2CC[C@H]3C[C@H](C2)C[C@@H]31. The minimum absolute atomic E-state index is 0.455. The average Bonchev–Trinajstić information content (AvgIpc) is 2.27. The lowest BCUT2D eigenvalue weighted by Crippen LogP contribution is -2.43. The fraction of sp³-hybridized carbons (Fsp3) is 1.00. The molecule has 13 heavy (non-hydrogen) atoms. The van der Waals surface area contributed by atoms with E-state index in [0.29, 0.717) is 6.04 Å². The molecule has 0 saturated heterocycles. The molecule has 0 aromatic rings. The van der Waals surface area contributed by atoms with Crippen LogP contribution in [0.1, 0.15) is 39.0 Å². The smallest absolute Gasteiger partial charge is 0.00441 e. The van der Waals surface area contributed by atoms with Crippen LogP contribution in [0.5, 0.6) is 0 Å². The van der Waals surface area contributed by atoms with Crippen LogP contribution in [0.25, 0.3) is 0 Å². The zero-order valence-electron chi connectivity index (χ0n) is 8.58. The second kappa shape index (κ2) is 2.73. The fourth-order valence-electron chi connectivity index (χ4n) is 4.76. The van der Waals surface area contributed by atoms with Crippen LogP contribution in [0.4, 0.5) is 0 Å². The van der Waals surface area contributed by atoms with Gasteiger partial charge in [-0.1, -0.05) is 0 Å². The molecule has 1 nitrogen and oxygen atoms in total. The standard InChI is InChI=1S/C12H21N/c1-7(13)12-10-3-2-9-4-8(5-10)6-11(9)12/h7-12H,2-6,13H2,1H3/t7-,8+,9-,10+,11-,12+/m0/s1. The Hall–Kier alpha value is -0.0400. The summed E-state index contributed by atoms with van der Waals surface area (Å²) >= 11 is 0. The molecule has 3 aliphatic rings. The van der Waals surface area contributed by atoms with Crippen LogP contribution < -0.4 is 5.73 Å². The Morgan fingerprint density at radius 3 is 2.54 bits per heavy atom. The Balaban J connectivity index is 1.90. The predicted molar refractivity (Wildman–Crippen MR) is 54.2 cm³/mol. The Morgan fingerprint density at radius 1 is 1.08 bits per heavy atom. The van der Waals surface area contributed by atoms with Crippen LogP contribution in [0.3, 0.4) is 0 Å². The molecule has 0 heterocycles. The Morgan fingerprint density at radius 2 is 1.77 bits per heavy atom. The number of fused-ring (bicyclic) bond motifs is 2. The molecule has 2 N–H and O–H groups in total. The topological polar surface area (TPSA) is 26.0 Å². The molecule has 74 valence electrons. The van der Waals surface area contributed by atoms with E-state index in [1.165, 1.54) is 25.7 Å². The summed E-state index contributed by atoms with van der Waals surface area (Å²) in [7, 11) is 0. The average molecular weight is 179 g/mol. The largest absolute Gasteiger partial charge is 0.328 e. The lowest BCUT2D eigenvalue weighted by molar-refractivity contribution is 0.0663. The van der Waals surface area contributed by atoms with E-state index in [1.807, 2.05) is 0 Å². The molecule has 0 aromatic carbocycles. The highest BCUT2D eigenvalue weighted by molar-refractivity contribution is 5.01. The molecular weight excluding hydrogens is 158 g/mol. The van der Waals surface area contributed by atoms with Crippen molar-refractivity contribution in [2.45, 2.75) is 45.1 Å². The van der Waals surface area contributed by atoms with Crippen molar-refractivity contribution in [3.63, 3.8) is 0 Å². The van der Waals surface area contributed by atoms with Crippen molar-refractivity contribution in [1.82, 2.24) is 0 Å². The first-order valence-corrected chi connectivity index (χ1v) is 6.01. The zero-order valence-corrected chi connectivity index (χ0v) is 8.58. The van der Waals surface area contributed by atoms with Gasteiger partial charge >= 0.3 is 0 Å². The second-order valence-corrected chi connectivity index (χ2v) is 5.77. The van der Waals surface area contributed by atoms with Crippen molar-refractivity contribution in [3.05, 3.63) is 0 Å². The Kier molecular flexibility index (Phi) is 1.74. The van der Waals surface area contributed by atoms with Crippen molar-refractivity contribution in [1.29, 1.82) is 0 Å². The number of hydrogen-bond acceptors (Lipinski definition) is 1. The van der Waals surface area contributed by atoms with E-state index in [-0.39, 0.29) is 0 Å². The number of nitrogens with two attached hydrogens (primary N) is 1. The molecular formula is C12H21N. The first kappa shape index (κ1) is 8.28. The number of hydrogen-bond donors (Lipinski definition) is 1. The van der Waals surface area contributed by atoms with Gasteiger partial charge in [0.2, 0.25) is 0 Å². The van der Waals surface area contributed by atoms with Gasteiger partial charge in [-0.25, -0.2) is 0 Å². The van der Waals surface area contributed by atoms with Crippen LogP contribution in [0, 0.1) is 29.6 Å². The van der Waals surface area contributed by atoms with E-state index in [2.05, 4.69) is 6.92 Å². The van der Waals surface area contributed by atoms with Gasteiger partial charge in [0.1, 0.15) is 0 Å². The van der Waals surface area contributed by atoms with E-state index in [0.717, 1.165) is 29.6 Å². The highest BCUT2D eigenvalue weighted by Gasteiger charge is 2.50. The summed E-state index contributed by atoms with van der Waals surface area (Å²) < 4.78 is 0.